The Morgan fingerprint density at radius 3 is 2.89 bits per heavy atom. The fraction of sp³-hybridized carbons (Fsp3) is 0.235. The van der Waals surface area contributed by atoms with Crippen LogP contribution in [-0.4, -0.2) is 51.5 Å². The molecule has 4 rings (SSSR count). The molecule has 1 amide bonds. The van der Waals surface area contributed by atoms with Crippen molar-refractivity contribution >= 4 is 29.1 Å². The molecule has 10 nitrogen and oxygen atoms in total. The van der Waals surface area contributed by atoms with Crippen LogP contribution in [0.5, 0.6) is 0 Å². The number of pyridine rings is 1. The number of hydrogen-bond acceptors (Lipinski definition) is 8. The second-order valence-electron chi connectivity index (χ2n) is 6.01. The third kappa shape index (κ3) is 3.31. The number of hydrogen-bond donors (Lipinski definition) is 1. The number of carbonyl (C=O) groups excluding carboxylic acids is 1. The van der Waals surface area contributed by atoms with E-state index in [4.69, 9.17) is 0 Å². The van der Waals surface area contributed by atoms with Gasteiger partial charge in [-0.15, -0.1) is 5.10 Å². The second-order valence-corrected chi connectivity index (χ2v) is 6.78. The van der Waals surface area contributed by atoms with Gasteiger partial charge < -0.3 is 5.32 Å². The first-order valence-corrected chi connectivity index (χ1v) is 9.66. The minimum atomic E-state index is -0.188. The van der Waals surface area contributed by atoms with Gasteiger partial charge in [-0.05, 0) is 32.2 Å². The van der Waals surface area contributed by atoms with Gasteiger partial charge in [-0.2, -0.15) is 10.1 Å². The van der Waals surface area contributed by atoms with E-state index in [9.17, 15) is 4.79 Å². The van der Waals surface area contributed by atoms with Gasteiger partial charge in [0.1, 0.15) is 12.7 Å². The molecule has 0 atom stereocenters. The number of carbonyl (C=O) groups is 1. The van der Waals surface area contributed by atoms with Crippen molar-refractivity contribution < 1.29 is 4.79 Å². The molecule has 0 aromatic carbocycles. The van der Waals surface area contributed by atoms with Crippen LogP contribution in [0.4, 0.5) is 5.69 Å². The van der Waals surface area contributed by atoms with Gasteiger partial charge in [-0.1, -0.05) is 11.8 Å². The molecule has 0 saturated carbocycles. The molecule has 0 unspecified atom stereocenters. The van der Waals surface area contributed by atoms with E-state index in [0.29, 0.717) is 22.4 Å². The van der Waals surface area contributed by atoms with E-state index in [1.54, 1.807) is 22.8 Å². The van der Waals surface area contributed by atoms with Gasteiger partial charge >= 0.3 is 0 Å². The second kappa shape index (κ2) is 7.35. The Hall–Kier alpha value is -3.34. The number of aryl methyl sites for hydroxylation is 2. The summed E-state index contributed by atoms with van der Waals surface area (Å²) in [6, 6.07) is 3.52. The van der Waals surface area contributed by atoms with Gasteiger partial charge in [-0.25, -0.2) is 24.1 Å². The van der Waals surface area contributed by atoms with E-state index >= 15 is 0 Å². The van der Waals surface area contributed by atoms with Gasteiger partial charge in [0.05, 0.1) is 12.1 Å². The summed E-state index contributed by atoms with van der Waals surface area (Å²) in [7, 11) is 0. The molecule has 0 saturated heterocycles. The highest BCUT2D eigenvalue weighted by Crippen LogP contribution is 2.19. The lowest BCUT2D eigenvalue weighted by molar-refractivity contribution is -0.115. The number of thioether (sulfide) groups is 1. The highest BCUT2D eigenvalue weighted by molar-refractivity contribution is 7.98. The molecule has 4 aromatic rings. The third-order valence-corrected chi connectivity index (χ3v) is 4.78. The molecule has 28 heavy (non-hydrogen) atoms. The van der Waals surface area contributed by atoms with Crippen LogP contribution in [0.3, 0.4) is 0 Å². The Morgan fingerprint density at radius 1 is 1.29 bits per heavy atom. The molecule has 0 spiro atoms. The fourth-order valence-electron chi connectivity index (χ4n) is 2.88. The van der Waals surface area contributed by atoms with Crippen LogP contribution in [0.25, 0.3) is 11.6 Å². The molecule has 0 aliphatic heterocycles. The number of aromatic nitrogens is 8. The van der Waals surface area contributed by atoms with Crippen molar-refractivity contribution in [3.05, 3.63) is 47.9 Å². The van der Waals surface area contributed by atoms with Crippen LogP contribution in [0, 0.1) is 13.8 Å². The maximum atomic E-state index is 12.7. The number of fused-ring (bicyclic) bond motifs is 1. The highest BCUT2D eigenvalue weighted by Gasteiger charge is 2.17. The Balaban J connectivity index is 1.62. The van der Waals surface area contributed by atoms with Gasteiger partial charge in [0.25, 0.3) is 5.78 Å². The molecule has 1 N–H and O–H groups in total. The SMILES string of the molecule is CSc1nc2nc(C)c(CC(=O)Nc3cccnc3-n3cncn3)c(C)n2n1. The number of anilines is 1. The van der Waals surface area contributed by atoms with Crippen molar-refractivity contribution in [3.8, 4) is 5.82 Å². The van der Waals surface area contributed by atoms with Crippen LogP contribution >= 0.6 is 11.8 Å². The van der Waals surface area contributed by atoms with E-state index in [1.165, 1.54) is 29.1 Å². The summed E-state index contributed by atoms with van der Waals surface area (Å²) in [4.78, 5) is 29.8. The highest BCUT2D eigenvalue weighted by atomic mass is 32.2. The Labute approximate surface area is 164 Å². The first-order valence-electron chi connectivity index (χ1n) is 8.43. The third-order valence-electron chi connectivity index (χ3n) is 4.25. The van der Waals surface area contributed by atoms with E-state index in [2.05, 4.69) is 35.5 Å². The number of rotatable bonds is 5. The molecule has 11 heteroatoms. The van der Waals surface area contributed by atoms with Crippen molar-refractivity contribution in [3.63, 3.8) is 0 Å². The molecule has 4 aromatic heterocycles. The lowest BCUT2D eigenvalue weighted by atomic mass is 10.1. The van der Waals surface area contributed by atoms with Crippen molar-refractivity contribution in [1.82, 2.24) is 39.3 Å². The summed E-state index contributed by atoms with van der Waals surface area (Å²) in [6.45, 7) is 3.78. The van der Waals surface area contributed by atoms with Crippen LogP contribution < -0.4 is 5.32 Å². The first kappa shape index (κ1) is 18.0. The van der Waals surface area contributed by atoms with Crippen LogP contribution in [0.1, 0.15) is 17.0 Å². The number of amides is 1. The predicted octanol–water partition coefficient (Wildman–Crippen LogP) is 1.62. The van der Waals surface area contributed by atoms with E-state index in [0.717, 1.165) is 17.0 Å². The molecule has 0 radical (unpaired) electrons. The van der Waals surface area contributed by atoms with Crippen molar-refractivity contribution in [2.24, 2.45) is 0 Å². The summed E-state index contributed by atoms with van der Waals surface area (Å²) in [5.41, 5.74) is 2.96. The zero-order valence-corrected chi connectivity index (χ0v) is 16.3. The lowest BCUT2D eigenvalue weighted by Gasteiger charge is -2.12. The zero-order valence-electron chi connectivity index (χ0n) is 15.5. The van der Waals surface area contributed by atoms with E-state index in [-0.39, 0.29) is 12.3 Å². The first-order chi connectivity index (χ1) is 13.6. The molecule has 142 valence electrons. The van der Waals surface area contributed by atoms with E-state index in [1.807, 2.05) is 20.1 Å². The topological polar surface area (TPSA) is 116 Å². The summed E-state index contributed by atoms with van der Waals surface area (Å²) in [5, 5.41) is 12.0. The maximum Gasteiger partial charge on any atom is 0.253 e. The summed E-state index contributed by atoms with van der Waals surface area (Å²) in [6.07, 6.45) is 6.63. The van der Waals surface area contributed by atoms with Crippen molar-refractivity contribution in [1.29, 1.82) is 0 Å². The molecule has 0 bridgehead atoms. The van der Waals surface area contributed by atoms with Crippen LogP contribution in [-0.2, 0) is 11.2 Å². The minimum Gasteiger partial charge on any atom is -0.323 e. The van der Waals surface area contributed by atoms with Gasteiger partial charge in [0.2, 0.25) is 11.1 Å². The fourth-order valence-corrected chi connectivity index (χ4v) is 3.22. The largest absolute Gasteiger partial charge is 0.323 e. The summed E-state index contributed by atoms with van der Waals surface area (Å²) in [5.74, 6) is 0.840. The normalized spacial score (nSPS) is 11.1. The quantitative estimate of drug-likeness (QED) is 0.507. The smallest absolute Gasteiger partial charge is 0.253 e. The molecule has 0 aliphatic carbocycles. The Kier molecular flexibility index (Phi) is 4.74. The zero-order chi connectivity index (χ0) is 19.7. The average molecular weight is 395 g/mol. The van der Waals surface area contributed by atoms with E-state index < -0.39 is 0 Å². The average Bonchev–Trinajstić information content (AvgIpc) is 3.35. The molecule has 4 heterocycles. The van der Waals surface area contributed by atoms with Gasteiger partial charge in [-0.3, -0.25) is 4.79 Å². The number of nitrogens with zero attached hydrogens (tertiary/aromatic N) is 8. The van der Waals surface area contributed by atoms with Gasteiger partial charge in [0.15, 0.2) is 5.82 Å². The lowest BCUT2D eigenvalue weighted by Crippen LogP contribution is -2.19. The van der Waals surface area contributed by atoms with Crippen molar-refractivity contribution in [2.75, 3.05) is 11.6 Å². The molecular weight excluding hydrogens is 378 g/mol. The standard InChI is InChI=1S/C17H17N9OS/c1-10-12(11(2)26-16(21-10)23-17(24-26)28-3)7-14(27)22-13-5-4-6-19-15(13)25-9-18-8-20-25/h4-6,8-9H,7H2,1-3H3,(H,22,27). The minimum absolute atomic E-state index is 0.154. The monoisotopic (exact) mass is 395 g/mol. The summed E-state index contributed by atoms with van der Waals surface area (Å²) < 4.78 is 3.17. The Morgan fingerprint density at radius 2 is 2.14 bits per heavy atom. The maximum absolute atomic E-state index is 12.7. The van der Waals surface area contributed by atoms with Crippen LogP contribution in [0.15, 0.2) is 36.1 Å². The predicted molar refractivity (Wildman–Crippen MR) is 104 cm³/mol. The molecule has 0 fully saturated rings. The van der Waals surface area contributed by atoms with Crippen molar-refractivity contribution in [2.45, 2.75) is 25.4 Å². The Bertz CT molecular complexity index is 1150. The van der Waals surface area contributed by atoms with Crippen LogP contribution in [0.2, 0.25) is 0 Å². The van der Waals surface area contributed by atoms with Gasteiger partial charge in [0, 0.05) is 23.1 Å². The summed E-state index contributed by atoms with van der Waals surface area (Å²) >= 11 is 1.45. The molecular formula is C17H17N9OS. The number of nitrogens with one attached hydrogen (secondary N) is 1. The molecule has 0 aliphatic rings.